The lowest BCUT2D eigenvalue weighted by Crippen LogP contribution is -2.19. The molecule has 80 valence electrons. The molecule has 0 saturated heterocycles. The molecule has 0 aliphatic carbocycles. The maximum absolute atomic E-state index is 11.4. The van der Waals surface area contributed by atoms with Gasteiger partial charge in [-0.3, -0.25) is 4.79 Å². The molecule has 0 unspecified atom stereocenters. The third-order valence-corrected chi connectivity index (χ3v) is 2.21. The van der Waals surface area contributed by atoms with Gasteiger partial charge in [0.15, 0.2) is 0 Å². The maximum atomic E-state index is 11.4. The first-order valence-electron chi connectivity index (χ1n) is 4.97. The van der Waals surface area contributed by atoms with Crippen molar-refractivity contribution >= 4 is 17.3 Å². The molecule has 1 amide bonds. The fraction of sp³-hybridized carbons (Fsp3) is 0. The Labute approximate surface area is 94.0 Å². The van der Waals surface area contributed by atoms with Gasteiger partial charge in [-0.25, -0.2) is 0 Å². The van der Waals surface area contributed by atoms with E-state index in [1.165, 1.54) is 6.08 Å². The molecule has 16 heavy (non-hydrogen) atoms. The number of benzene rings is 1. The number of amides is 1. The van der Waals surface area contributed by atoms with E-state index in [-0.39, 0.29) is 5.91 Å². The minimum atomic E-state index is -0.132. The second-order valence-corrected chi connectivity index (χ2v) is 3.44. The van der Waals surface area contributed by atoms with E-state index in [4.69, 9.17) is 5.73 Å². The highest BCUT2D eigenvalue weighted by molar-refractivity contribution is 5.95. The van der Waals surface area contributed by atoms with Crippen molar-refractivity contribution in [2.45, 2.75) is 0 Å². The van der Waals surface area contributed by atoms with Crippen molar-refractivity contribution in [3.05, 3.63) is 60.2 Å². The smallest absolute Gasteiger partial charge is 0.248 e. The Morgan fingerprint density at radius 1 is 1.00 bits per heavy atom. The van der Waals surface area contributed by atoms with Gasteiger partial charge in [0.05, 0.1) is 0 Å². The standard InChI is InChI=1S/C13H12N2O/c14-11-8-6-10(7-9-11)12-4-2-1-3-5-13(16)15-12/h1-9H,14H2,(H,15,16). The summed E-state index contributed by atoms with van der Waals surface area (Å²) in [7, 11) is 0. The van der Waals surface area contributed by atoms with Crippen LogP contribution in [0.5, 0.6) is 0 Å². The molecule has 1 aliphatic rings. The zero-order chi connectivity index (χ0) is 11.4. The van der Waals surface area contributed by atoms with E-state index in [2.05, 4.69) is 5.32 Å². The molecule has 3 N–H and O–H groups in total. The van der Waals surface area contributed by atoms with E-state index in [0.29, 0.717) is 5.69 Å². The van der Waals surface area contributed by atoms with E-state index >= 15 is 0 Å². The van der Waals surface area contributed by atoms with E-state index < -0.39 is 0 Å². The van der Waals surface area contributed by atoms with Gasteiger partial charge in [-0.2, -0.15) is 0 Å². The molecule has 0 bridgehead atoms. The molecule has 3 nitrogen and oxygen atoms in total. The van der Waals surface area contributed by atoms with E-state index in [0.717, 1.165) is 11.3 Å². The van der Waals surface area contributed by atoms with Gasteiger partial charge in [0.2, 0.25) is 5.91 Å². The lowest BCUT2D eigenvalue weighted by atomic mass is 10.1. The number of allylic oxidation sites excluding steroid dienone is 4. The SMILES string of the molecule is Nc1ccc(/C2=C/C=C\C=C/C(=O)N2)cc1. The second-order valence-electron chi connectivity index (χ2n) is 3.44. The molecule has 1 aromatic rings. The van der Waals surface area contributed by atoms with Crippen molar-refractivity contribution in [3.63, 3.8) is 0 Å². The number of carbonyl (C=O) groups excluding carboxylic acids is 1. The number of carbonyl (C=O) groups is 1. The van der Waals surface area contributed by atoms with Crippen LogP contribution in [-0.2, 0) is 4.79 Å². The van der Waals surface area contributed by atoms with Gasteiger partial charge >= 0.3 is 0 Å². The summed E-state index contributed by atoms with van der Waals surface area (Å²) < 4.78 is 0. The fourth-order valence-electron chi connectivity index (χ4n) is 1.41. The quantitative estimate of drug-likeness (QED) is 0.698. The summed E-state index contributed by atoms with van der Waals surface area (Å²) >= 11 is 0. The average Bonchev–Trinajstić information content (AvgIpc) is 2.24. The molecule has 0 aromatic heterocycles. The van der Waals surface area contributed by atoms with Crippen LogP contribution in [0.25, 0.3) is 5.70 Å². The molecule has 2 rings (SSSR count). The molecule has 3 heteroatoms. The Morgan fingerprint density at radius 3 is 2.50 bits per heavy atom. The number of nitrogens with two attached hydrogens (primary N) is 1. The predicted molar refractivity (Wildman–Crippen MR) is 65.3 cm³/mol. The van der Waals surface area contributed by atoms with Crippen molar-refractivity contribution in [2.75, 3.05) is 5.73 Å². The van der Waals surface area contributed by atoms with Crippen molar-refractivity contribution in [2.24, 2.45) is 0 Å². The van der Waals surface area contributed by atoms with E-state index in [1.807, 2.05) is 30.4 Å². The largest absolute Gasteiger partial charge is 0.399 e. The molecule has 0 saturated carbocycles. The van der Waals surface area contributed by atoms with Gasteiger partial charge in [-0.15, -0.1) is 0 Å². The summed E-state index contributed by atoms with van der Waals surface area (Å²) in [5.41, 5.74) is 8.01. The molecule has 0 radical (unpaired) electrons. The molecule has 1 aromatic carbocycles. The van der Waals surface area contributed by atoms with Crippen LogP contribution >= 0.6 is 0 Å². The van der Waals surface area contributed by atoms with Crippen LogP contribution in [0, 0.1) is 0 Å². The molecule has 1 aliphatic heterocycles. The summed E-state index contributed by atoms with van der Waals surface area (Å²) in [6.07, 6.45) is 8.73. The minimum absolute atomic E-state index is 0.132. The van der Waals surface area contributed by atoms with E-state index in [1.54, 1.807) is 18.2 Å². The lowest BCUT2D eigenvalue weighted by Gasteiger charge is -2.09. The molecular weight excluding hydrogens is 200 g/mol. The Hall–Kier alpha value is -2.29. The maximum Gasteiger partial charge on any atom is 0.248 e. The van der Waals surface area contributed by atoms with Gasteiger partial charge in [0.25, 0.3) is 0 Å². The normalized spacial score (nSPS) is 22.2. The lowest BCUT2D eigenvalue weighted by molar-refractivity contribution is -0.115. The number of hydrogen-bond acceptors (Lipinski definition) is 2. The highest BCUT2D eigenvalue weighted by Gasteiger charge is 2.04. The third-order valence-electron chi connectivity index (χ3n) is 2.21. The number of hydrogen-bond donors (Lipinski definition) is 2. The summed E-state index contributed by atoms with van der Waals surface area (Å²) in [4.78, 5) is 11.4. The zero-order valence-electron chi connectivity index (χ0n) is 8.68. The van der Waals surface area contributed by atoms with Crippen LogP contribution in [0.2, 0.25) is 0 Å². The second kappa shape index (κ2) is 4.49. The Balaban J connectivity index is 2.32. The monoisotopic (exact) mass is 212 g/mol. The van der Waals surface area contributed by atoms with Crippen molar-refractivity contribution in [3.8, 4) is 0 Å². The first-order chi connectivity index (χ1) is 7.75. The average molecular weight is 212 g/mol. The number of nitrogen functional groups attached to an aromatic ring is 1. The first-order valence-corrected chi connectivity index (χ1v) is 4.97. The van der Waals surface area contributed by atoms with Gasteiger partial charge < -0.3 is 11.1 Å². The minimum Gasteiger partial charge on any atom is -0.399 e. The van der Waals surface area contributed by atoms with Gasteiger partial charge in [-0.1, -0.05) is 30.4 Å². The zero-order valence-corrected chi connectivity index (χ0v) is 8.68. The third kappa shape index (κ3) is 2.39. The van der Waals surface area contributed by atoms with Crippen LogP contribution in [0.15, 0.2) is 54.6 Å². The summed E-state index contributed by atoms with van der Waals surface area (Å²) in [6.45, 7) is 0. The van der Waals surface area contributed by atoms with Gasteiger partial charge in [0.1, 0.15) is 0 Å². The van der Waals surface area contributed by atoms with Gasteiger partial charge in [-0.05, 0) is 23.8 Å². The van der Waals surface area contributed by atoms with Crippen LogP contribution in [0.3, 0.4) is 0 Å². The highest BCUT2D eigenvalue weighted by atomic mass is 16.1. The Kier molecular flexibility index (Phi) is 2.87. The van der Waals surface area contributed by atoms with Crippen LogP contribution < -0.4 is 11.1 Å². The molecular formula is C13H12N2O. The molecule has 0 spiro atoms. The Morgan fingerprint density at radius 2 is 1.75 bits per heavy atom. The summed E-state index contributed by atoms with van der Waals surface area (Å²) in [5, 5.41) is 2.80. The van der Waals surface area contributed by atoms with Crippen LogP contribution in [0.1, 0.15) is 5.56 Å². The fourth-order valence-corrected chi connectivity index (χ4v) is 1.41. The Bertz CT molecular complexity index is 481. The van der Waals surface area contributed by atoms with Gasteiger partial charge in [0, 0.05) is 17.5 Å². The highest BCUT2D eigenvalue weighted by Crippen LogP contribution is 2.14. The number of rotatable bonds is 1. The number of nitrogens with one attached hydrogen (secondary N) is 1. The van der Waals surface area contributed by atoms with Crippen molar-refractivity contribution in [1.82, 2.24) is 5.32 Å². The van der Waals surface area contributed by atoms with Crippen molar-refractivity contribution < 1.29 is 4.79 Å². The summed E-state index contributed by atoms with van der Waals surface area (Å²) in [6, 6.07) is 7.36. The predicted octanol–water partition coefficient (Wildman–Crippen LogP) is 1.85. The molecule has 0 atom stereocenters. The molecule has 0 fully saturated rings. The van der Waals surface area contributed by atoms with E-state index in [9.17, 15) is 4.79 Å². The number of anilines is 1. The van der Waals surface area contributed by atoms with Crippen molar-refractivity contribution in [1.29, 1.82) is 0 Å². The van der Waals surface area contributed by atoms with Crippen LogP contribution in [0.4, 0.5) is 5.69 Å². The van der Waals surface area contributed by atoms with Crippen LogP contribution in [-0.4, -0.2) is 5.91 Å². The summed E-state index contributed by atoms with van der Waals surface area (Å²) in [5.74, 6) is -0.132. The topological polar surface area (TPSA) is 55.1 Å². The molecule has 1 heterocycles. The first kappa shape index (κ1) is 10.2.